The number of ether oxygens (including phenoxy) is 1. The number of amides is 1. The van der Waals surface area contributed by atoms with Crippen LogP contribution in [0, 0.1) is 0 Å². The smallest absolute Gasteiger partial charge is 0.237 e. The maximum absolute atomic E-state index is 13.9. The molecule has 0 spiro atoms. The lowest BCUT2D eigenvalue weighted by molar-refractivity contribution is -0.133. The van der Waals surface area contributed by atoms with Crippen LogP contribution in [0.1, 0.15) is 36.0 Å². The van der Waals surface area contributed by atoms with Gasteiger partial charge in [-0.25, -0.2) is 0 Å². The summed E-state index contributed by atoms with van der Waals surface area (Å²) in [6, 6.07) is 28.0. The molecule has 0 aromatic heterocycles. The first-order valence-electron chi connectivity index (χ1n) is 12.3. The molecule has 0 radical (unpaired) electrons. The molecule has 1 amide bonds. The Morgan fingerprint density at radius 3 is 1.94 bits per heavy atom. The molecule has 3 aromatic rings. The molecule has 5 nitrogen and oxygen atoms in total. The lowest BCUT2D eigenvalue weighted by atomic mass is 9.70. The molecule has 35 heavy (non-hydrogen) atoms. The predicted molar refractivity (Wildman–Crippen MR) is 140 cm³/mol. The zero-order valence-corrected chi connectivity index (χ0v) is 21.0. The largest absolute Gasteiger partial charge is 0.496 e. The van der Waals surface area contributed by atoms with Gasteiger partial charge in [-0.15, -0.1) is 0 Å². The number of piperidine rings is 1. The van der Waals surface area contributed by atoms with Crippen molar-refractivity contribution in [1.82, 2.24) is 9.80 Å². The number of hydrogen-bond donors (Lipinski definition) is 1. The van der Waals surface area contributed by atoms with Gasteiger partial charge in [0.15, 0.2) is 0 Å². The van der Waals surface area contributed by atoms with Crippen molar-refractivity contribution < 1.29 is 14.6 Å². The fourth-order valence-corrected chi connectivity index (χ4v) is 5.41. The molecule has 1 aliphatic heterocycles. The van der Waals surface area contributed by atoms with Crippen LogP contribution in [0.15, 0.2) is 84.9 Å². The van der Waals surface area contributed by atoms with Gasteiger partial charge in [0, 0.05) is 32.7 Å². The highest BCUT2D eigenvalue weighted by Gasteiger charge is 2.44. The highest BCUT2D eigenvalue weighted by molar-refractivity contribution is 5.91. The topological polar surface area (TPSA) is 53.0 Å². The molecule has 1 saturated heterocycles. The number of carbonyl (C=O) groups excluding carboxylic acids is 1. The second kappa shape index (κ2) is 10.6. The van der Waals surface area contributed by atoms with Gasteiger partial charge in [0.25, 0.3) is 0 Å². The van der Waals surface area contributed by atoms with Crippen molar-refractivity contribution in [3.8, 4) is 5.75 Å². The quantitative estimate of drug-likeness (QED) is 0.527. The maximum Gasteiger partial charge on any atom is 0.237 e. The first-order valence-corrected chi connectivity index (χ1v) is 12.3. The Morgan fingerprint density at radius 1 is 0.914 bits per heavy atom. The minimum atomic E-state index is -0.904. The van der Waals surface area contributed by atoms with Crippen molar-refractivity contribution in [2.75, 3.05) is 40.8 Å². The van der Waals surface area contributed by atoms with E-state index in [1.54, 1.807) is 12.0 Å². The summed E-state index contributed by atoms with van der Waals surface area (Å²) in [6.07, 6.45) is 1.91. The van der Waals surface area contributed by atoms with Crippen LogP contribution in [0.5, 0.6) is 5.75 Å². The van der Waals surface area contributed by atoms with Gasteiger partial charge >= 0.3 is 0 Å². The van der Waals surface area contributed by atoms with E-state index in [1.165, 1.54) is 0 Å². The van der Waals surface area contributed by atoms with Gasteiger partial charge in [-0.2, -0.15) is 0 Å². The average molecular weight is 473 g/mol. The standard InChI is InChI=1S/C30H36N2O3/c1-31(2)28(33)30(24-12-6-4-7-13-24,25-14-8-5-9-15-25)20-23-32-21-18-29(34,19-22-32)26-16-10-11-17-27(26)35-3/h4-17,34H,18-23H2,1-3H3. The van der Waals surface area contributed by atoms with Crippen LogP contribution in [-0.2, 0) is 15.8 Å². The summed E-state index contributed by atoms with van der Waals surface area (Å²) < 4.78 is 5.51. The van der Waals surface area contributed by atoms with E-state index in [9.17, 15) is 9.90 Å². The van der Waals surface area contributed by atoms with Crippen LogP contribution >= 0.6 is 0 Å². The summed E-state index contributed by atoms with van der Waals surface area (Å²) in [5, 5.41) is 11.4. The van der Waals surface area contributed by atoms with Gasteiger partial charge in [-0.05, 0) is 43.0 Å². The normalized spacial score (nSPS) is 16.0. The lowest BCUT2D eigenvalue weighted by Gasteiger charge is -2.41. The van der Waals surface area contributed by atoms with Gasteiger partial charge in [0.05, 0.1) is 12.7 Å². The average Bonchev–Trinajstić information content (AvgIpc) is 2.91. The number of carbonyl (C=O) groups is 1. The lowest BCUT2D eigenvalue weighted by Crippen LogP contribution is -2.48. The van der Waals surface area contributed by atoms with Crippen molar-refractivity contribution in [2.24, 2.45) is 0 Å². The number of likely N-dealkylation sites (N-methyl/N-ethyl adjacent to an activating group) is 1. The van der Waals surface area contributed by atoms with Gasteiger partial charge < -0.3 is 19.6 Å². The summed E-state index contributed by atoms with van der Waals surface area (Å²) in [4.78, 5) is 17.9. The van der Waals surface area contributed by atoms with Crippen LogP contribution in [0.3, 0.4) is 0 Å². The SMILES string of the molecule is COc1ccccc1C1(O)CCN(CCC(C(=O)N(C)C)(c2ccccc2)c2ccccc2)CC1. The molecule has 4 rings (SSSR count). The van der Waals surface area contributed by atoms with Crippen LogP contribution < -0.4 is 4.74 Å². The third-order valence-corrected chi connectivity index (χ3v) is 7.40. The number of hydrogen-bond acceptors (Lipinski definition) is 4. The molecule has 0 aliphatic carbocycles. The molecule has 0 atom stereocenters. The highest BCUT2D eigenvalue weighted by Crippen LogP contribution is 2.40. The fraction of sp³-hybridized carbons (Fsp3) is 0.367. The Balaban J connectivity index is 1.58. The van der Waals surface area contributed by atoms with E-state index in [0.717, 1.165) is 42.1 Å². The Bertz CT molecular complexity index is 1070. The van der Waals surface area contributed by atoms with E-state index < -0.39 is 11.0 Å². The highest BCUT2D eigenvalue weighted by atomic mass is 16.5. The molecule has 3 aromatic carbocycles. The number of methoxy groups -OCH3 is 1. The summed E-state index contributed by atoms with van der Waals surface area (Å²) in [7, 11) is 5.31. The molecule has 1 fully saturated rings. The van der Waals surface area contributed by atoms with Crippen molar-refractivity contribution in [3.63, 3.8) is 0 Å². The fourth-order valence-electron chi connectivity index (χ4n) is 5.41. The summed E-state index contributed by atoms with van der Waals surface area (Å²) in [5.41, 5.74) is 1.19. The Hall–Kier alpha value is -3.15. The number of nitrogens with zero attached hydrogens (tertiary/aromatic N) is 2. The molecule has 1 heterocycles. The predicted octanol–water partition coefficient (Wildman–Crippen LogP) is 4.44. The molecule has 0 bridgehead atoms. The van der Waals surface area contributed by atoms with Gasteiger partial charge in [0.2, 0.25) is 5.91 Å². The first-order chi connectivity index (χ1) is 16.9. The maximum atomic E-state index is 13.9. The van der Waals surface area contributed by atoms with Crippen molar-refractivity contribution >= 4 is 5.91 Å². The van der Waals surface area contributed by atoms with Crippen molar-refractivity contribution in [1.29, 1.82) is 0 Å². The molecule has 0 saturated carbocycles. The van der Waals surface area contributed by atoms with Crippen molar-refractivity contribution in [3.05, 3.63) is 102 Å². The number of aliphatic hydroxyl groups is 1. The summed E-state index contributed by atoms with van der Waals surface area (Å²) in [5.74, 6) is 0.810. The molecular weight excluding hydrogens is 436 g/mol. The Labute approximate surface area is 209 Å². The van der Waals surface area contributed by atoms with E-state index in [-0.39, 0.29) is 5.91 Å². The van der Waals surface area contributed by atoms with Crippen LogP contribution in [-0.4, -0.2) is 61.7 Å². The summed E-state index contributed by atoms with van der Waals surface area (Å²) in [6.45, 7) is 2.26. The molecule has 0 unspecified atom stereocenters. The second-order valence-corrected chi connectivity index (χ2v) is 9.66. The second-order valence-electron chi connectivity index (χ2n) is 9.66. The van der Waals surface area contributed by atoms with E-state index in [1.807, 2.05) is 74.8 Å². The Kier molecular flexibility index (Phi) is 7.58. The number of benzene rings is 3. The first kappa shape index (κ1) is 25.0. The third-order valence-electron chi connectivity index (χ3n) is 7.40. The molecular formula is C30H36N2O3. The molecule has 5 heteroatoms. The van der Waals surface area contributed by atoms with E-state index >= 15 is 0 Å². The van der Waals surface area contributed by atoms with E-state index in [4.69, 9.17) is 4.74 Å². The Morgan fingerprint density at radius 2 is 1.43 bits per heavy atom. The molecule has 1 N–H and O–H groups in total. The number of para-hydroxylation sites is 1. The molecule has 1 aliphatic rings. The van der Waals surface area contributed by atoms with Gasteiger partial charge in [0.1, 0.15) is 11.2 Å². The van der Waals surface area contributed by atoms with E-state index in [0.29, 0.717) is 19.3 Å². The van der Waals surface area contributed by atoms with Gasteiger partial charge in [-0.1, -0.05) is 78.9 Å². The third kappa shape index (κ3) is 4.97. The van der Waals surface area contributed by atoms with Crippen LogP contribution in [0.4, 0.5) is 0 Å². The number of rotatable bonds is 8. The van der Waals surface area contributed by atoms with E-state index in [2.05, 4.69) is 29.2 Å². The van der Waals surface area contributed by atoms with Crippen LogP contribution in [0.25, 0.3) is 0 Å². The monoisotopic (exact) mass is 472 g/mol. The van der Waals surface area contributed by atoms with Crippen LogP contribution in [0.2, 0.25) is 0 Å². The van der Waals surface area contributed by atoms with Gasteiger partial charge in [-0.3, -0.25) is 4.79 Å². The zero-order valence-electron chi connectivity index (χ0n) is 21.0. The zero-order chi connectivity index (χ0) is 24.9. The number of likely N-dealkylation sites (tertiary alicyclic amines) is 1. The minimum absolute atomic E-state index is 0.0810. The molecule has 184 valence electrons. The van der Waals surface area contributed by atoms with Crippen molar-refractivity contribution in [2.45, 2.75) is 30.3 Å². The summed E-state index contributed by atoms with van der Waals surface area (Å²) >= 11 is 0. The minimum Gasteiger partial charge on any atom is -0.496 e.